The summed E-state index contributed by atoms with van der Waals surface area (Å²) in [6.45, 7) is 11.3. The molecular formula is C15H29NO3. The molecule has 4 heteroatoms. The van der Waals surface area contributed by atoms with Crippen molar-refractivity contribution in [2.75, 3.05) is 13.2 Å². The van der Waals surface area contributed by atoms with Crippen LogP contribution in [0.2, 0.25) is 0 Å². The minimum absolute atomic E-state index is 0.0178. The molecule has 112 valence electrons. The van der Waals surface area contributed by atoms with Crippen LogP contribution in [0.4, 0.5) is 0 Å². The third-order valence-corrected chi connectivity index (χ3v) is 3.75. The second-order valence-electron chi connectivity index (χ2n) is 7.22. The molecule has 1 aliphatic heterocycles. The predicted octanol–water partition coefficient (Wildman–Crippen LogP) is 2.10. The highest BCUT2D eigenvalue weighted by atomic mass is 16.5. The van der Waals surface area contributed by atoms with E-state index in [4.69, 9.17) is 4.74 Å². The summed E-state index contributed by atoms with van der Waals surface area (Å²) in [7, 11) is 0. The molecule has 1 heterocycles. The Balaban J connectivity index is 2.32. The molecule has 1 rings (SSSR count). The standard InChI is InChI=1S/C15H29NO3/c1-11(9-14(3,4)5)8-13(17)16-10-15(18)6-7-19-12(15)2/h11-12,18H,6-10H2,1-5H3,(H,16,17). The average molecular weight is 271 g/mol. The Labute approximate surface area is 116 Å². The smallest absolute Gasteiger partial charge is 0.220 e. The normalized spacial score (nSPS) is 29.3. The third-order valence-electron chi connectivity index (χ3n) is 3.75. The van der Waals surface area contributed by atoms with Gasteiger partial charge in [-0.2, -0.15) is 0 Å². The molecule has 0 aromatic rings. The summed E-state index contributed by atoms with van der Waals surface area (Å²) in [6.07, 6.45) is 1.92. The fourth-order valence-electron chi connectivity index (χ4n) is 2.76. The van der Waals surface area contributed by atoms with Crippen LogP contribution in [0.25, 0.3) is 0 Å². The molecule has 0 aliphatic carbocycles. The number of amides is 1. The van der Waals surface area contributed by atoms with E-state index in [-0.39, 0.29) is 24.0 Å². The van der Waals surface area contributed by atoms with Gasteiger partial charge in [-0.15, -0.1) is 0 Å². The second-order valence-corrected chi connectivity index (χ2v) is 7.22. The van der Waals surface area contributed by atoms with E-state index < -0.39 is 5.60 Å². The minimum atomic E-state index is -0.900. The summed E-state index contributed by atoms with van der Waals surface area (Å²) in [5.74, 6) is 0.371. The van der Waals surface area contributed by atoms with E-state index in [0.717, 1.165) is 6.42 Å². The lowest BCUT2D eigenvalue weighted by Gasteiger charge is -2.27. The summed E-state index contributed by atoms with van der Waals surface area (Å²) >= 11 is 0. The molecule has 0 radical (unpaired) electrons. The largest absolute Gasteiger partial charge is 0.385 e. The van der Waals surface area contributed by atoms with Crippen molar-refractivity contribution in [3.8, 4) is 0 Å². The Morgan fingerprint density at radius 3 is 2.63 bits per heavy atom. The van der Waals surface area contributed by atoms with Gasteiger partial charge in [-0.1, -0.05) is 27.7 Å². The number of hydrogen-bond acceptors (Lipinski definition) is 3. The molecule has 3 atom stereocenters. The highest BCUT2D eigenvalue weighted by Gasteiger charge is 2.39. The maximum absolute atomic E-state index is 11.9. The van der Waals surface area contributed by atoms with Gasteiger partial charge in [0.05, 0.1) is 6.10 Å². The third kappa shape index (κ3) is 5.49. The number of hydrogen-bond donors (Lipinski definition) is 2. The van der Waals surface area contributed by atoms with E-state index in [1.165, 1.54) is 0 Å². The number of rotatable bonds is 5. The van der Waals surface area contributed by atoms with Crippen LogP contribution in [-0.2, 0) is 9.53 Å². The molecule has 1 saturated heterocycles. The lowest BCUT2D eigenvalue weighted by Crippen LogP contribution is -2.47. The maximum Gasteiger partial charge on any atom is 0.220 e. The van der Waals surface area contributed by atoms with Crippen LogP contribution in [0.1, 0.15) is 53.9 Å². The number of aliphatic hydroxyl groups is 1. The van der Waals surface area contributed by atoms with Gasteiger partial charge in [0, 0.05) is 26.0 Å². The summed E-state index contributed by atoms with van der Waals surface area (Å²) in [5, 5.41) is 13.1. The predicted molar refractivity (Wildman–Crippen MR) is 75.8 cm³/mol. The fourth-order valence-corrected chi connectivity index (χ4v) is 2.76. The first-order valence-electron chi connectivity index (χ1n) is 7.23. The van der Waals surface area contributed by atoms with Crippen molar-refractivity contribution in [3.63, 3.8) is 0 Å². The molecule has 0 aromatic carbocycles. The van der Waals surface area contributed by atoms with Crippen molar-refractivity contribution >= 4 is 5.91 Å². The number of ether oxygens (including phenoxy) is 1. The van der Waals surface area contributed by atoms with Crippen molar-refractivity contribution in [1.82, 2.24) is 5.32 Å². The summed E-state index contributed by atoms with van der Waals surface area (Å²) in [6, 6.07) is 0. The van der Waals surface area contributed by atoms with Crippen LogP contribution in [0.5, 0.6) is 0 Å². The lowest BCUT2D eigenvalue weighted by atomic mass is 9.84. The first kappa shape index (κ1) is 16.4. The second kappa shape index (κ2) is 6.23. The fraction of sp³-hybridized carbons (Fsp3) is 0.933. The minimum Gasteiger partial charge on any atom is -0.385 e. The molecule has 1 amide bonds. The van der Waals surface area contributed by atoms with Crippen molar-refractivity contribution in [2.45, 2.75) is 65.6 Å². The van der Waals surface area contributed by atoms with Gasteiger partial charge in [-0.3, -0.25) is 4.79 Å². The number of carbonyl (C=O) groups excluding carboxylic acids is 1. The van der Waals surface area contributed by atoms with E-state index in [9.17, 15) is 9.90 Å². The van der Waals surface area contributed by atoms with Crippen LogP contribution >= 0.6 is 0 Å². The number of carbonyl (C=O) groups is 1. The van der Waals surface area contributed by atoms with Gasteiger partial charge in [0.15, 0.2) is 0 Å². The lowest BCUT2D eigenvalue weighted by molar-refractivity contribution is -0.123. The van der Waals surface area contributed by atoms with Crippen molar-refractivity contribution < 1.29 is 14.6 Å². The summed E-state index contributed by atoms with van der Waals surface area (Å²) < 4.78 is 5.35. The van der Waals surface area contributed by atoms with Crippen LogP contribution in [0.3, 0.4) is 0 Å². The Kier molecular flexibility index (Phi) is 5.39. The molecule has 3 unspecified atom stereocenters. The van der Waals surface area contributed by atoms with Gasteiger partial charge in [0.25, 0.3) is 0 Å². The Hall–Kier alpha value is -0.610. The summed E-state index contributed by atoms with van der Waals surface area (Å²) in [5.41, 5.74) is -0.658. The first-order chi connectivity index (χ1) is 8.62. The quantitative estimate of drug-likeness (QED) is 0.805. The SMILES string of the molecule is CC(CC(=O)NCC1(O)CCOC1C)CC(C)(C)C. The number of nitrogens with one attached hydrogen (secondary N) is 1. The van der Waals surface area contributed by atoms with Gasteiger partial charge in [-0.05, 0) is 24.7 Å². The zero-order valence-electron chi connectivity index (χ0n) is 13.0. The van der Waals surface area contributed by atoms with E-state index >= 15 is 0 Å². The molecular weight excluding hydrogens is 242 g/mol. The van der Waals surface area contributed by atoms with E-state index in [2.05, 4.69) is 33.0 Å². The van der Waals surface area contributed by atoms with Gasteiger partial charge in [0.2, 0.25) is 5.91 Å². The topological polar surface area (TPSA) is 58.6 Å². The van der Waals surface area contributed by atoms with Gasteiger partial charge in [-0.25, -0.2) is 0 Å². The Morgan fingerprint density at radius 2 is 2.16 bits per heavy atom. The van der Waals surface area contributed by atoms with Crippen LogP contribution in [0, 0.1) is 11.3 Å². The van der Waals surface area contributed by atoms with Gasteiger partial charge < -0.3 is 15.2 Å². The van der Waals surface area contributed by atoms with Crippen LogP contribution in [-0.4, -0.2) is 35.9 Å². The molecule has 19 heavy (non-hydrogen) atoms. The molecule has 0 aromatic heterocycles. The first-order valence-corrected chi connectivity index (χ1v) is 7.23. The van der Waals surface area contributed by atoms with Crippen LogP contribution < -0.4 is 5.32 Å². The Morgan fingerprint density at radius 1 is 1.53 bits per heavy atom. The average Bonchev–Trinajstić information content (AvgIpc) is 2.54. The zero-order valence-corrected chi connectivity index (χ0v) is 13.0. The zero-order chi connectivity index (χ0) is 14.7. The monoisotopic (exact) mass is 271 g/mol. The molecule has 2 N–H and O–H groups in total. The van der Waals surface area contributed by atoms with Crippen molar-refractivity contribution in [3.05, 3.63) is 0 Å². The molecule has 4 nitrogen and oxygen atoms in total. The van der Waals surface area contributed by atoms with E-state index in [1.807, 2.05) is 6.92 Å². The molecule has 0 saturated carbocycles. The molecule has 1 fully saturated rings. The van der Waals surface area contributed by atoms with Crippen molar-refractivity contribution in [1.29, 1.82) is 0 Å². The molecule has 1 aliphatic rings. The highest BCUT2D eigenvalue weighted by molar-refractivity contribution is 5.76. The molecule has 0 bridgehead atoms. The van der Waals surface area contributed by atoms with E-state index in [0.29, 0.717) is 25.4 Å². The Bertz CT molecular complexity index is 311. The summed E-state index contributed by atoms with van der Waals surface area (Å²) in [4.78, 5) is 11.9. The highest BCUT2D eigenvalue weighted by Crippen LogP contribution is 2.27. The van der Waals surface area contributed by atoms with Gasteiger partial charge >= 0.3 is 0 Å². The van der Waals surface area contributed by atoms with Gasteiger partial charge in [0.1, 0.15) is 5.60 Å². The maximum atomic E-state index is 11.9. The van der Waals surface area contributed by atoms with Crippen molar-refractivity contribution in [2.24, 2.45) is 11.3 Å². The van der Waals surface area contributed by atoms with E-state index in [1.54, 1.807) is 0 Å². The van der Waals surface area contributed by atoms with Crippen LogP contribution in [0.15, 0.2) is 0 Å². The molecule has 0 spiro atoms.